The maximum atomic E-state index is 14.0. The highest BCUT2D eigenvalue weighted by Crippen LogP contribution is 2.30. The summed E-state index contributed by atoms with van der Waals surface area (Å²) in [6.07, 6.45) is 6.09. The number of nitrogens with zero attached hydrogens (tertiary/aromatic N) is 3. The SMILES string of the molecule is O=c1c2cc(F)cnc2n(C2CCSCC2)c(=O)n1C1CCC(NCc2ccccc2)CC1. The van der Waals surface area contributed by atoms with Crippen LogP contribution in [0.15, 0.2) is 52.2 Å². The summed E-state index contributed by atoms with van der Waals surface area (Å²) in [6, 6.07) is 11.7. The van der Waals surface area contributed by atoms with E-state index in [4.69, 9.17) is 0 Å². The lowest BCUT2D eigenvalue weighted by atomic mass is 9.90. The lowest BCUT2D eigenvalue weighted by molar-refractivity contribution is 0.274. The maximum Gasteiger partial charge on any atom is 0.333 e. The van der Waals surface area contributed by atoms with Crippen LogP contribution in [0.3, 0.4) is 0 Å². The van der Waals surface area contributed by atoms with Gasteiger partial charge >= 0.3 is 5.69 Å². The average molecular weight is 469 g/mol. The van der Waals surface area contributed by atoms with Crippen LogP contribution in [-0.2, 0) is 6.54 Å². The molecule has 33 heavy (non-hydrogen) atoms. The van der Waals surface area contributed by atoms with Gasteiger partial charge in [0.1, 0.15) is 11.5 Å². The monoisotopic (exact) mass is 468 g/mol. The summed E-state index contributed by atoms with van der Waals surface area (Å²) in [5.41, 5.74) is 0.861. The molecule has 0 atom stereocenters. The van der Waals surface area contributed by atoms with Crippen molar-refractivity contribution in [3.05, 3.63) is 74.8 Å². The fourth-order valence-corrected chi connectivity index (χ4v) is 6.28. The molecule has 1 saturated carbocycles. The minimum absolute atomic E-state index is 0.00469. The van der Waals surface area contributed by atoms with Crippen molar-refractivity contribution >= 4 is 22.8 Å². The minimum Gasteiger partial charge on any atom is -0.310 e. The Morgan fingerprint density at radius 1 is 0.970 bits per heavy atom. The average Bonchev–Trinajstić information content (AvgIpc) is 2.85. The van der Waals surface area contributed by atoms with Crippen molar-refractivity contribution < 1.29 is 4.39 Å². The Hall–Kier alpha value is -2.45. The minimum atomic E-state index is -0.552. The second kappa shape index (κ2) is 9.81. The van der Waals surface area contributed by atoms with Crippen molar-refractivity contribution in [2.75, 3.05) is 11.5 Å². The summed E-state index contributed by atoms with van der Waals surface area (Å²) in [5.74, 6) is 1.39. The molecule has 2 fully saturated rings. The number of thioether (sulfide) groups is 1. The van der Waals surface area contributed by atoms with E-state index in [9.17, 15) is 14.0 Å². The Kier molecular flexibility index (Phi) is 6.64. The molecule has 0 spiro atoms. The summed E-state index contributed by atoms with van der Waals surface area (Å²) in [7, 11) is 0. The molecule has 2 aromatic heterocycles. The highest BCUT2D eigenvalue weighted by Gasteiger charge is 2.29. The van der Waals surface area contributed by atoms with Gasteiger partial charge in [-0.25, -0.2) is 14.2 Å². The van der Waals surface area contributed by atoms with Crippen molar-refractivity contribution in [3.8, 4) is 0 Å². The highest BCUT2D eigenvalue weighted by molar-refractivity contribution is 7.99. The van der Waals surface area contributed by atoms with E-state index in [1.807, 2.05) is 30.0 Å². The fraction of sp³-hybridized carbons (Fsp3) is 0.480. The topological polar surface area (TPSA) is 68.9 Å². The molecule has 174 valence electrons. The van der Waals surface area contributed by atoms with E-state index >= 15 is 0 Å². The Morgan fingerprint density at radius 2 is 1.67 bits per heavy atom. The molecule has 1 aliphatic carbocycles. The lowest BCUT2D eigenvalue weighted by Gasteiger charge is -2.31. The summed E-state index contributed by atoms with van der Waals surface area (Å²) < 4.78 is 17.1. The molecule has 3 heterocycles. The molecular weight excluding hydrogens is 439 g/mol. The Bertz CT molecular complexity index is 1230. The molecular formula is C25H29FN4O2S. The van der Waals surface area contributed by atoms with Crippen LogP contribution in [0.1, 0.15) is 56.2 Å². The highest BCUT2D eigenvalue weighted by atomic mass is 32.2. The third-order valence-electron chi connectivity index (χ3n) is 6.98. The van der Waals surface area contributed by atoms with Gasteiger partial charge in [-0.05, 0) is 61.7 Å². The van der Waals surface area contributed by atoms with Gasteiger partial charge in [0.05, 0.1) is 11.6 Å². The first-order chi connectivity index (χ1) is 16.1. The second-order valence-electron chi connectivity index (χ2n) is 9.07. The summed E-state index contributed by atoms with van der Waals surface area (Å²) in [4.78, 5) is 31.2. The van der Waals surface area contributed by atoms with E-state index in [1.54, 1.807) is 4.57 Å². The van der Waals surface area contributed by atoms with Crippen LogP contribution < -0.4 is 16.6 Å². The van der Waals surface area contributed by atoms with Gasteiger partial charge < -0.3 is 5.32 Å². The smallest absolute Gasteiger partial charge is 0.310 e. The van der Waals surface area contributed by atoms with Gasteiger partial charge in [0.25, 0.3) is 5.56 Å². The number of fused-ring (bicyclic) bond motifs is 1. The molecule has 1 N–H and O–H groups in total. The normalized spacial score (nSPS) is 22.0. The molecule has 8 heteroatoms. The molecule has 6 nitrogen and oxygen atoms in total. The Morgan fingerprint density at radius 3 is 2.39 bits per heavy atom. The van der Waals surface area contributed by atoms with Crippen LogP contribution >= 0.6 is 11.8 Å². The molecule has 0 bridgehead atoms. The summed E-state index contributed by atoms with van der Waals surface area (Å²) in [6.45, 7) is 0.809. The van der Waals surface area contributed by atoms with E-state index in [0.717, 1.165) is 62.8 Å². The fourth-order valence-electron chi connectivity index (χ4n) is 5.20. The van der Waals surface area contributed by atoms with Crippen LogP contribution in [0.5, 0.6) is 0 Å². The van der Waals surface area contributed by atoms with Crippen molar-refractivity contribution in [2.24, 2.45) is 0 Å². The van der Waals surface area contributed by atoms with Crippen LogP contribution in [0.25, 0.3) is 11.0 Å². The first-order valence-corrected chi connectivity index (χ1v) is 12.9. The lowest BCUT2D eigenvalue weighted by Crippen LogP contribution is -2.46. The molecule has 0 amide bonds. The number of nitrogens with one attached hydrogen (secondary N) is 1. The Balaban J connectivity index is 1.42. The van der Waals surface area contributed by atoms with E-state index in [2.05, 4.69) is 22.4 Å². The van der Waals surface area contributed by atoms with Gasteiger partial charge in [0.2, 0.25) is 0 Å². The number of rotatable bonds is 5. The van der Waals surface area contributed by atoms with Gasteiger partial charge in [0.15, 0.2) is 0 Å². The predicted octanol–water partition coefficient (Wildman–Crippen LogP) is 4.04. The maximum absolute atomic E-state index is 14.0. The number of pyridine rings is 1. The quantitative estimate of drug-likeness (QED) is 0.612. The van der Waals surface area contributed by atoms with Gasteiger partial charge in [-0.1, -0.05) is 30.3 Å². The van der Waals surface area contributed by atoms with Gasteiger partial charge in [-0.3, -0.25) is 13.9 Å². The Labute approximate surface area is 196 Å². The summed E-state index contributed by atoms with van der Waals surface area (Å²) >= 11 is 1.87. The van der Waals surface area contributed by atoms with E-state index < -0.39 is 11.4 Å². The second-order valence-corrected chi connectivity index (χ2v) is 10.3. The predicted molar refractivity (Wildman–Crippen MR) is 130 cm³/mol. The van der Waals surface area contributed by atoms with Crippen molar-refractivity contribution in [1.82, 2.24) is 19.4 Å². The molecule has 3 aromatic rings. The van der Waals surface area contributed by atoms with Crippen molar-refractivity contribution in [3.63, 3.8) is 0 Å². The number of hydrogen-bond donors (Lipinski definition) is 1. The zero-order chi connectivity index (χ0) is 22.8. The molecule has 1 aromatic carbocycles. The first kappa shape index (κ1) is 22.3. The van der Waals surface area contributed by atoms with E-state index in [0.29, 0.717) is 11.7 Å². The van der Waals surface area contributed by atoms with Crippen molar-refractivity contribution in [1.29, 1.82) is 0 Å². The summed E-state index contributed by atoms with van der Waals surface area (Å²) in [5, 5.41) is 3.81. The van der Waals surface area contributed by atoms with Crippen LogP contribution in [0.4, 0.5) is 4.39 Å². The molecule has 5 rings (SSSR count). The third kappa shape index (κ3) is 4.64. The molecule has 0 unspecified atom stereocenters. The van der Waals surface area contributed by atoms with Gasteiger partial charge in [0, 0.05) is 24.7 Å². The van der Waals surface area contributed by atoms with Crippen LogP contribution in [-0.4, -0.2) is 31.7 Å². The largest absolute Gasteiger partial charge is 0.333 e. The molecule has 1 saturated heterocycles. The van der Waals surface area contributed by atoms with E-state index in [1.165, 1.54) is 16.2 Å². The standard InChI is InChI=1S/C25H29FN4O2S/c26-18-14-22-23(28-16-18)29(21-10-12-33-13-11-21)25(32)30(24(22)31)20-8-6-19(7-9-20)27-15-17-4-2-1-3-5-17/h1-5,14,16,19-21,27H,6-13,15H2. The van der Waals surface area contributed by atoms with Crippen LogP contribution in [0.2, 0.25) is 0 Å². The van der Waals surface area contributed by atoms with Gasteiger partial charge in [-0.15, -0.1) is 0 Å². The first-order valence-electron chi connectivity index (χ1n) is 11.8. The number of benzene rings is 1. The molecule has 1 aliphatic heterocycles. The zero-order valence-electron chi connectivity index (χ0n) is 18.6. The van der Waals surface area contributed by atoms with E-state index in [-0.39, 0.29) is 23.2 Å². The van der Waals surface area contributed by atoms with Gasteiger partial charge in [-0.2, -0.15) is 11.8 Å². The van der Waals surface area contributed by atoms with Crippen molar-refractivity contribution in [2.45, 2.75) is 63.2 Å². The number of halogens is 1. The molecule has 0 radical (unpaired) electrons. The third-order valence-corrected chi connectivity index (χ3v) is 8.03. The number of hydrogen-bond acceptors (Lipinski definition) is 5. The zero-order valence-corrected chi connectivity index (χ0v) is 19.4. The van der Waals surface area contributed by atoms with Crippen LogP contribution in [0, 0.1) is 5.82 Å². The number of aromatic nitrogens is 3. The molecule has 2 aliphatic rings.